The first-order valence-electron chi connectivity index (χ1n) is 5.48. The highest BCUT2D eigenvalue weighted by atomic mass is 19.1. The molecule has 0 aliphatic carbocycles. The number of amides is 1. The summed E-state index contributed by atoms with van der Waals surface area (Å²) in [5.74, 6) is -2.64. The molecule has 0 aliphatic rings. The highest BCUT2D eigenvalue weighted by Crippen LogP contribution is 2.21. The molecule has 0 aliphatic heterocycles. The second-order valence-corrected chi connectivity index (χ2v) is 3.81. The summed E-state index contributed by atoms with van der Waals surface area (Å²) in [7, 11) is 1.33. The van der Waals surface area contributed by atoms with Crippen LogP contribution in [0, 0.1) is 5.82 Å². The van der Waals surface area contributed by atoms with Crippen molar-refractivity contribution < 1.29 is 28.2 Å². The van der Waals surface area contributed by atoms with Gasteiger partial charge >= 0.3 is 5.97 Å². The largest absolute Gasteiger partial charge is 0.494 e. The number of rotatable bonds is 4. The second kappa shape index (κ2) is 5.43. The average molecular weight is 279 g/mol. The lowest BCUT2D eigenvalue weighted by atomic mass is 10.2. The normalized spacial score (nSPS) is 10.1. The molecular weight excluding hydrogens is 269 g/mol. The zero-order valence-electron chi connectivity index (χ0n) is 10.3. The molecule has 0 saturated heterocycles. The van der Waals surface area contributed by atoms with Gasteiger partial charge < -0.3 is 19.6 Å². The first kappa shape index (κ1) is 13.6. The van der Waals surface area contributed by atoms with Crippen LogP contribution in [0.25, 0.3) is 0 Å². The van der Waals surface area contributed by atoms with Gasteiger partial charge in [0.05, 0.1) is 12.7 Å². The summed E-state index contributed by atoms with van der Waals surface area (Å²) >= 11 is 0. The van der Waals surface area contributed by atoms with Crippen LogP contribution in [-0.2, 0) is 0 Å². The SMILES string of the molecule is COc1ccc(NC(=O)c2cc(C(=O)O)co2)cc1F. The molecular formula is C13H10FNO5. The molecule has 0 radical (unpaired) electrons. The van der Waals surface area contributed by atoms with Crippen LogP contribution in [0.3, 0.4) is 0 Å². The van der Waals surface area contributed by atoms with Gasteiger partial charge in [-0.3, -0.25) is 4.79 Å². The van der Waals surface area contributed by atoms with Crippen molar-refractivity contribution in [3.63, 3.8) is 0 Å². The number of ether oxygens (including phenoxy) is 1. The summed E-state index contributed by atoms with van der Waals surface area (Å²) in [6.45, 7) is 0. The molecule has 0 spiro atoms. The minimum absolute atomic E-state index is 0.0501. The van der Waals surface area contributed by atoms with Gasteiger partial charge in [0.2, 0.25) is 0 Å². The molecule has 0 bridgehead atoms. The van der Waals surface area contributed by atoms with Crippen molar-refractivity contribution in [2.24, 2.45) is 0 Å². The van der Waals surface area contributed by atoms with Crippen molar-refractivity contribution in [1.29, 1.82) is 0 Å². The van der Waals surface area contributed by atoms with E-state index in [-0.39, 0.29) is 22.8 Å². The number of anilines is 1. The van der Waals surface area contributed by atoms with Crippen molar-refractivity contribution in [3.8, 4) is 5.75 Å². The first-order valence-corrected chi connectivity index (χ1v) is 5.48. The van der Waals surface area contributed by atoms with E-state index in [1.165, 1.54) is 19.2 Å². The molecule has 104 valence electrons. The number of methoxy groups -OCH3 is 1. The molecule has 0 fully saturated rings. The molecule has 1 aromatic carbocycles. The lowest BCUT2D eigenvalue weighted by molar-refractivity contribution is 0.0696. The van der Waals surface area contributed by atoms with Crippen LogP contribution < -0.4 is 10.1 Å². The van der Waals surface area contributed by atoms with Gasteiger partial charge in [-0.2, -0.15) is 0 Å². The number of benzene rings is 1. The number of furan rings is 1. The fraction of sp³-hybridized carbons (Fsp3) is 0.0769. The van der Waals surface area contributed by atoms with Crippen LogP contribution in [0.1, 0.15) is 20.9 Å². The van der Waals surface area contributed by atoms with Gasteiger partial charge in [-0.05, 0) is 12.1 Å². The Hall–Kier alpha value is -2.83. The smallest absolute Gasteiger partial charge is 0.338 e. The monoisotopic (exact) mass is 279 g/mol. The molecule has 2 rings (SSSR count). The average Bonchev–Trinajstić information content (AvgIpc) is 2.88. The van der Waals surface area contributed by atoms with E-state index in [4.69, 9.17) is 14.3 Å². The van der Waals surface area contributed by atoms with Crippen LogP contribution in [0.15, 0.2) is 34.9 Å². The molecule has 0 atom stereocenters. The predicted molar refractivity (Wildman–Crippen MR) is 66.6 cm³/mol. The Kier molecular flexibility index (Phi) is 3.69. The quantitative estimate of drug-likeness (QED) is 0.896. The zero-order chi connectivity index (χ0) is 14.7. The Labute approximate surface area is 112 Å². The second-order valence-electron chi connectivity index (χ2n) is 3.81. The van der Waals surface area contributed by atoms with Gasteiger partial charge in [0.1, 0.15) is 6.26 Å². The van der Waals surface area contributed by atoms with Gasteiger partial charge in [0.25, 0.3) is 5.91 Å². The molecule has 2 N–H and O–H groups in total. The third kappa shape index (κ3) is 2.77. The van der Waals surface area contributed by atoms with Gasteiger partial charge in [0, 0.05) is 17.8 Å². The summed E-state index contributed by atoms with van der Waals surface area (Å²) in [5.41, 5.74) is 0.0534. The molecule has 6 nitrogen and oxygen atoms in total. The van der Waals surface area contributed by atoms with Crippen molar-refractivity contribution in [1.82, 2.24) is 0 Å². The number of carboxylic acid groups (broad SMARTS) is 1. The highest BCUT2D eigenvalue weighted by molar-refractivity contribution is 6.03. The standard InChI is InChI=1S/C13H10FNO5/c1-19-10-3-2-8(5-9(10)14)15-12(16)11-4-7(6-20-11)13(17)18/h2-6H,1H3,(H,15,16)(H,17,18). The summed E-state index contributed by atoms with van der Waals surface area (Å²) in [6, 6.07) is 4.96. The number of aromatic carboxylic acids is 1. The van der Waals surface area contributed by atoms with Crippen LogP contribution in [0.4, 0.5) is 10.1 Å². The molecule has 0 saturated carbocycles. The Bertz CT molecular complexity index is 665. The topological polar surface area (TPSA) is 88.8 Å². The Morgan fingerprint density at radius 1 is 1.35 bits per heavy atom. The Morgan fingerprint density at radius 2 is 2.10 bits per heavy atom. The van der Waals surface area contributed by atoms with E-state index >= 15 is 0 Å². The fourth-order valence-electron chi connectivity index (χ4n) is 1.50. The van der Waals surface area contributed by atoms with E-state index in [1.54, 1.807) is 0 Å². The summed E-state index contributed by atoms with van der Waals surface area (Å²) in [6.07, 6.45) is 0.950. The van der Waals surface area contributed by atoms with E-state index in [2.05, 4.69) is 5.32 Å². The lowest BCUT2D eigenvalue weighted by Crippen LogP contribution is -2.11. The zero-order valence-corrected chi connectivity index (χ0v) is 10.3. The van der Waals surface area contributed by atoms with Crippen molar-refractivity contribution >= 4 is 17.6 Å². The third-order valence-corrected chi connectivity index (χ3v) is 2.48. The molecule has 0 unspecified atom stereocenters. The van der Waals surface area contributed by atoms with E-state index in [9.17, 15) is 14.0 Å². The fourth-order valence-corrected chi connectivity index (χ4v) is 1.50. The lowest BCUT2D eigenvalue weighted by Gasteiger charge is -2.05. The molecule has 1 aromatic heterocycles. The summed E-state index contributed by atoms with van der Waals surface area (Å²) < 4.78 is 23.0. The number of hydrogen-bond donors (Lipinski definition) is 2. The minimum Gasteiger partial charge on any atom is -0.494 e. The maximum Gasteiger partial charge on any atom is 0.338 e. The Balaban J connectivity index is 2.14. The molecule has 1 heterocycles. The van der Waals surface area contributed by atoms with Crippen LogP contribution in [0.5, 0.6) is 5.75 Å². The van der Waals surface area contributed by atoms with Crippen LogP contribution >= 0.6 is 0 Å². The number of nitrogens with one attached hydrogen (secondary N) is 1. The molecule has 7 heteroatoms. The number of carbonyl (C=O) groups excluding carboxylic acids is 1. The number of hydrogen-bond acceptors (Lipinski definition) is 4. The minimum atomic E-state index is -1.21. The van der Waals surface area contributed by atoms with Crippen LogP contribution in [-0.4, -0.2) is 24.1 Å². The number of carbonyl (C=O) groups is 2. The first-order chi connectivity index (χ1) is 9.51. The van der Waals surface area contributed by atoms with Crippen LogP contribution in [0.2, 0.25) is 0 Å². The molecule has 20 heavy (non-hydrogen) atoms. The van der Waals surface area contributed by atoms with E-state index in [1.807, 2.05) is 0 Å². The van der Waals surface area contributed by atoms with E-state index < -0.39 is 17.7 Å². The highest BCUT2D eigenvalue weighted by Gasteiger charge is 2.15. The molecule has 1 amide bonds. The van der Waals surface area contributed by atoms with Gasteiger partial charge in [-0.15, -0.1) is 0 Å². The van der Waals surface area contributed by atoms with Gasteiger partial charge in [-0.1, -0.05) is 0 Å². The summed E-state index contributed by atoms with van der Waals surface area (Å²) in [4.78, 5) is 22.4. The van der Waals surface area contributed by atoms with E-state index in [0.29, 0.717) is 0 Å². The maximum atomic E-state index is 13.4. The predicted octanol–water partition coefficient (Wildman–Crippen LogP) is 2.38. The summed E-state index contributed by atoms with van der Waals surface area (Å²) in [5, 5.41) is 11.1. The van der Waals surface area contributed by atoms with E-state index in [0.717, 1.165) is 18.4 Å². The van der Waals surface area contributed by atoms with Gasteiger partial charge in [0.15, 0.2) is 17.3 Å². The van der Waals surface area contributed by atoms with Crippen molar-refractivity contribution in [2.75, 3.05) is 12.4 Å². The van der Waals surface area contributed by atoms with Crippen molar-refractivity contribution in [3.05, 3.63) is 47.7 Å². The molecule has 2 aromatic rings. The van der Waals surface area contributed by atoms with Crippen molar-refractivity contribution in [2.45, 2.75) is 0 Å². The maximum absolute atomic E-state index is 13.4. The number of halogens is 1. The Morgan fingerprint density at radius 3 is 2.65 bits per heavy atom. The van der Waals surface area contributed by atoms with Gasteiger partial charge in [-0.25, -0.2) is 9.18 Å². The third-order valence-electron chi connectivity index (χ3n) is 2.48. The number of carboxylic acids is 1.